The summed E-state index contributed by atoms with van der Waals surface area (Å²) in [4.78, 5) is 24.8. The van der Waals surface area contributed by atoms with Crippen molar-refractivity contribution in [3.63, 3.8) is 0 Å². The van der Waals surface area contributed by atoms with Crippen LogP contribution in [0, 0.1) is 23.5 Å². The summed E-state index contributed by atoms with van der Waals surface area (Å²) in [5.74, 6) is -6.79. The van der Waals surface area contributed by atoms with Crippen molar-refractivity contribution in [1.82, 2.24) is 4.57 Å². The van der Waals surface area contributed by atoms with E-state index in [1.807, 2.05) is 0 Å². The predicted molar refractivity (Wildman–Crippen MR) is 105 cm³/mol. The lowest BCUT2D eigenvalue weighted by Gasteiger charge is -2.23. The molecule has 0 spiro atoms. The summed E-state index contributed by atoms with van der Waals surface area (Å²) in [5.41, 5.74) is 2.81. The first kappa shape index (κ1) is 23.3. The van der Waals surface area contributed by atoms with Crippen molar-refractivity contribution in [3.8, 4) is 0 Å². The maximum Gasteiger partial charge on any atom is 0.393 e. The van der Waals surface area contributed by atoms with Crippen LogP contribution in [-0.2, 0) is 0 Å². The first-order valence-corrected chi connectivity index (χ1v) is 9.36. The average Bonchev–Trinajstić information content (AvgIpc) is 3.40. The van der Waals surface area contributed by atoms with Gasteiger partial charge in [-0.25, -0.2) is 13.6 Å². The fourth-order valence-electron chi connectivity index (χ4n) is 4.18. The number of carbonyl (C=O) groups is 1. The van der Waals surface area contributed by atoms with Crippen LogP contribution < -0.4 is 16.1 Å². The molecule has 0 radical (unpaired) electrons. The molecule has 2 heterocycles. The van der Waals surface area contributed by atoms with Gasteiger partial charge in [0.05, 0.1) is 16.8 Å². The Morgan fingerprint density at radius 3 is 2.35 bits per heavy atom. The Morgan fingerprint density at radius 1 is 1.23 bits per heavy atom. The first-order chi connectivity index (χ1) is 14.0. The van der Waals surface area contributed by atoms with Crippen molar-refractivity contribution in [3.05, 3.63) is 39.7 Å². The Kier molecular flexibility index (Phi) is 5.96. The van der Waals surface area contributed by atoms with E-state index in [0.29, 0.717) is 18.9 Å². The van der Waals surface area contributed by atoms with E-state index in [1.54, 1.807) is 0 Å². The molecule has 6 nitrogen and oxygen atoms in total. The molecule has 1 aliphatic heterocycles. The second kappa shape index (κ2) is 7.94. The molecule has 2 fully saturated rings. The summed E-state index contributed by atoms with van der Waals surface area (Å²) in [6, 6.07) is 0.442. The van der Waals surface area contributed by atoms with Crippen LogP contribution in [0.5, 0.6) is 0 Å². The first-order valence-electron chi connectivity index (χ1n) is 9.36. The highest BCUT2D eigenvalue weighted by Crippen LogP contribution is 2.43. The summed E-state index contributed by atoms with van der Waals surface area (Å²) in [6.45, 7) is -1.25. The number of anilines is 1. The lowest BCUT2D eigenvalue weighted by molar-refractivity contribution is -0.178. The van der Waals surface area contributed by atoms with E-state index in [9.17, 15) is 32.3 Å². The van der Waals surface area contributed by atoms with Crippen molar-refractivity contribution in [1.29, 1.82) is 0 Å². The molecule has 1 aromatic heterocycles. The van der Waals surface area contributed by atoms with E-state index < -0.39 is 64.2 Å². The molecule has 0 amide bonds. The number of rotatable bonds is 4. The zero-order valence-electron chi connectivity index (χ0n) is 16.0. The van der Waals surface area contributed by atoms with Crippen LogP contribution in [-0.4, -0.2) is 41.5 Å². The zero-order valence-corrected chi connectivity index (χ0v) is 16.8. The van der Waals surface area contributed by atoms with Crippen molar-refractivity contribution in [2.24, 2.45) is 17.6 Å². The zero-order chi connectivity index (χ0) is 22.0. The summed E-state index contributed by atoms with van der Waals surface area (Å²) < 4.78 is 71.6. The van der Waals surface area contributed by atoms with Gasteiger partial charge in [-0.15, -0.1) is 12.4 Å². The molecule has 4 rings (SSSR count). The number of pyridine rings is 1. The van der Waals surface area contributed by atoms with Crippen molar-refractivity contribution >= 4 is 35.0 Å². The molecule has 31 heavy (non-hydrogen) atoms. The highest BCUT2D eigenvalue weighted by molar-refractivity contribution is 5.94. The monoisotopic (exact) mass is 467 g/mol. The molecule has 1 aliphatic carbocycles. The molecule has 2 aliphatic rings. The number of nitrogens with two attached hydrogens (primary N) is 1. The van der Waals surface area contributed by atoms with E-state index in [-0.39, 0.29) is 37.1 Å². The van der Waals surface area contributed by atoms with E-state index in [4.69, 9.17) is 5.73 Å². The number of alkyl halides is 3. The third kappa shape index (κ3) is 3.84. The lowest BCUT2D eigenvalue weighted by Crippen LogP contribution is -2.33. The third-order valence-electron chi connectivity index (χ3n) is 5.83. The van der Waals surface area contributed by atoms with Crippen LogP contribution >= 0.6 is 12.4 Å². The summed E-state index contributed by atoms with van der Waals surface area (Å²) in [7, 11) is 0. The standard InChI is InChI=1S/C19H18F5N3O3.ClH/c20-13-3-10-15(27(9-1-2-9)6-11(17(10)28)18(29)30)14(21)16(13)26-5-8(4-25)12(7-26)19(22,23)24;/h3,6,8-9,12H,1-2,4-5,7,25H2,(H,29,30);1H. The smallest absolute Gasteiger partial charge is 0.393 e. The van der Waals surface area contributed by atoms with E-state index >= 15 is 4.39 Å². The Labute approximate surface area is 178 Å². The van der Waals surface area contributed by atoms with Gasteiger partial charge < -0.3 is 20.3 Å². The van der Waals surface area contributed by atoms with Gasteiger partial charge in [-0.05, 0) is 25.5 Å². The normalized spacial score (nSPS) is 21.4. The van der Waals surface area contributed by atoms with Crippen LogP contribution in [0.15, 0.2) is 17.1 Å². The highest BCUT2D eigenvalue weighted by atomic mass is 35.5. The van der Waals surface area contributed by atoms with E-state index in [1.165, 1.54) is 4.57 Å². The molecule has 1 aromatic carbocycles. The number of benzene rings is 1. The van der Waals surface area contributed by atoms with Crippen LogP contribution in [0.25, 0.3) is 10.9 Å². The molecule has 170 valence electrons. The number of nitrogens with zero attached hydrogens (tertiary/aromatic N) is 2. The Hall–Kier alpha value is -2.40. The van der Waals surface area contributed by atoms with Crippen LogP contribution in [0.4, 0.5) is 27.6 Å². The van der Waals surface area contributed by atoms with Crippen LogP contribution in [0.3, 0.4) is 0 Å². The van der Waals surface area contributed by atoms with E-state index in [2.05, 4.69) is 0 Å². The second-order valence-electron chi connectivity index (χ2n) is 7.78. The van der Waals surface area contributed by atoms with Gasteiger partial charge in [-0.2, -0.15) is 13.2 Å². The Balaban J connectivity index is 0.00000272. The quantitative estimate of drug-likeness (QED) is 0.674. The van der Waals surface area contributed by atoms with Gasteiger partial charge in [0.15, 0.2) is 5.82 Å². The SMILES string of the molecule is Cl.NCC1CN(c2c(F)cc3c(=O)c(C(=O)O)cn(C4CC4)c3c2F)CC1C(F)(F)F. The minimum atomic E-state index is -4.57. The summed E-state index contributed by atoms with van der Waals surface area (Å²) >= 11 is 0. The topological polar surface area (TPSA) is 88.6 Å². The predicted octanol–water partition coefficient (Wildman–Crippen LogP) is 3.31. The largest absolute Gasteiger partial charge is 0.477 e. The fraction of sp³-hybridized carbons (Fsp3) is 0.474. The van der Waals surface area contributed by atoms with Gasteiger partial charge in [0, 0.05) is 31.2 Å². The van der Waals surface area contributed by atoms with E-state index in [0.717, 1.165) is 11.1 Å². The molecule has 0 bridgehead atoms. The van der Waals surface area contributed by atoms with Crippen molar-refractivity contribution in [2.45, 2.75) is 25.1 Å². The van der Waals surface area contributed by atoms with Crippen LogP contribution in [0.2, 0.25) is 0 Å². The fourth-order valence-corrected chi connectivity index (χ4v) is 4.18. The summed E-state index contributed by atoms with van der Waals surface area (Å²) in [6.07, 6.45) is -2.34. The number of aromatic carboxylic acids is 1. The molecular formula is C19H19ClF5N3O3. The molecule has 1 saturated carbocycles. The minimum Gasteiger partial charge on any atom is -0.477 e. The van der Waals surface area contributed by atoms with Gasteiger partial charge in [0.1, 0.15) is 17.1 Å². The van der Waals surface area contributed by atoms with Gasteiger partial charge in [0.25, 0.3) is 0 Å². The maximum absolute atomic E-state index is 15.5. The number of carboxylic acid groups (broad SMARTS) is 1. The average molecular weight is 468 g/mol. The number of carboxylic acids is 1. The third-order valence-corrected chi connectivity index (χ3v) is 5.83. The minimum absolute atomic E-state index is 0. The van der Waals surface area contributed by atoms with Gasteiger partial charge in [0.2, 0.25) is 5.43 Å². The van der Waals surface area contributed by atoms with Gasteiger partial charge >= 0.3 is 12.1 Å². The van der Waals surface area contributed by atoms with Crippen LogP contribution in [0.1, 0.15) is 29.2 Å². The molecule has 12 heteroatoms. The Morgan fingerprint density at radius 2 is 1.87 bits per heavy atom. The molecule has 1 saturated heterocycles. The number of halogens is 6. The highest BCUT2D eigenvalue weighted by Gasteiger charge is 2.50. The Bertz CT molecular complexity index is 1100. The number of aromatic nitrogens is 1. The van der Waals surface area contributed by atoms with Crippen molar-refractivity contribution < 1.29 is 31.9 Å². The number of fused-ring (bicyclic) bond motifs is 1. The van der Waals surface area contributed by atoms with Crippen molar-refractivity contribution in [2.75, 3.05) is 24.5 Å². The molecule has 2 aromatic rings. The number of hydrogen-bond donors (Lipinski definition) is 2. The number of hydrogen-bond acceptors (Lipinski definition) is 4. The molecule has 2 unspecified atom stereocenters. The van der Waals surface area contributed by atoms with Gasteiger partial charge in [-0.3, -0.25) is 4.79 Å². The molecule has 2 atom stereocenters. The lowest BCUT2D eigenvalue weighted by atomic mass is 9.96. The second-order valence-corrected chi connectivity index (χ2v) is 7.78. The maximum atomic E-state index is 15.5. The van der Waals surface area contributed by atoms with Gasteiger partial charge in [-0.1, -0.05) is 0 Å². The molecular weight excluding hydrogens is 449 g/mol. The molecule has 3 N–H and O–H groups in total. The summed E-state index contributed by atoms with van der Waals surface area (Å²) in [5, 5.41) is 8.80.